The van der Waals surface area contributed by atoms with Gasteiger partial charge in [0.05, 0.1) is 6.42 Å². The molecule has 0 unspecified atom stereocenters. The van der Waals surface area contributed by atoms with E-state index in [0.717, 1.165) is 16.7 Å². The van der Waals surface area contributed by atoms with Gasteiger partial charge in [0.1, 0.15) is 0 Å². The highest BCUT2D eigenvalue weighted by Gasteiger charge is 2.14. The Morgan fingerprint density at radius 2 is 1.71 bits per heavy atom. The van der Waals surface area contributed by atoms with E-state index in [4.69, 9.17) is 5.73 Å². The van der Waals surface area contributed by atoms with E-state index in [1.807, 2.05) is 66.4 Å². The third-order valence-electron chi connectivity index (χ3n) is 3.57. The van der Waals surface area contributed by atoms with Crippen molar-refractivity contribution in [1.29, 1.82) is 0 Å². The predicted molar refractivity (Wildman–Crippen MR) is 85.8 cm³/mol. The van der Waals surface area contributed by atoms with E-state index < -0.39 is 0 Å². The molecule has 0 atom stereocenters. The van der Waals surface area contributed by atoms with Crippen LogP contribution in [0.3, 0.4) is 0 Å². The second-order valence-corrected chi connectivity index (χ2v) is 5.19. The Morgan fingerprint density at radius 3 is 2.38 bits per heavy atom. The Morgan fingerprint density at radius 1 is 1.05 bits per heavy atom. The minimum absolute atomic E-state index is 0.124. The van der Waals surface area contributed by atoms with Gasteiger partial charge in [0.25, 0.3) is 0 Å². The van der Waals surface area contributed by atoms with Crippen LogP contribution in [-0.2, 0) is 17.8 Å². The molecule has 0 bridgehead atoms. The van der Waals surface area contributed by atoms with Crippen molar-refractivity contribution < 1.29 is 4.79 Å². The summed E-state index contributed by atoms with van der Waals surface area (Å²) in [4.78, 5) is 14.4. The Labute approximate surface area is 126 Å². The quantitative estimate of drug-likeness (QED) is 0.885. The number of carbonyl (C=O) groups is 1. The summed E-state index contributed by atoms with van der Waals surface area (Å²) in [6.07, 6.45) is 0.430. The van der Waals surface area contributed by atoms with Crippen molar-refractivity contribution >= 4 is 5.91 Å². The summed E-state index contributed by atoms with van der Waals surface area (Å²) < 4.78 is 0. The Balaban J connectivity index is 2.07. The van der Waals surface area contributed by atoms with Gasteiger partial charge >= 0.3 is 0 Å². The van der Waals surface area contributed by atoms with E-state index in [9.17, 15) is 4.79 Å². The zero-order chi connectivity index (χ0) is 15.1. The Hall–Kier alpha value is -2.13. The minimum Gasteiger partial charge on any atom is -0.337 e. The highest BCUT2D eigenvalue weighted by molar-refractivity contribution is 5.79. The summed E-state index contributed by atoms with van der Waals surface area (Å²) in [5, 5.41) is 0. The molecular formula is C18H22N2O. The van der Waals surface area contributed by atoms with Crippen LogP contribution < -0.4 is 5.73 Å². The zero-order valence-corrected chi connectivity index (χ0v) is 12.5. The van der Waals surface area contributed by atoms with Crippen LogP contribution in [0.25, 0.3) is 0 Å². The van der Waals surface area contributed by atoms with Crippen molar-refractivity contribution in [1.82, 2.24) is 4.90 Å². The summed E-state index contributed by atoms with van der Waals surface area (Å²) >= 11 is 0. The third-order valence-corrected chi connectivity index (χ3v) is 3.57. The molecule has 0 aromatic heterocycles. The molecule has 1 amide bonds. The van der Waals surface area contributed by atoms with Crippen LogP contribution in [0.1, 0.15) is 16.7 Å². The normalized spacial score (nSPS) is 10.4. The number of aryl methyl sites for hydroxylation is 1. The zero-order valence-electron chi connectivity index (χ0n) is 12.5. The number of benzene rings is 2. The van der Waals surface area contributed by atoms with Gasteiger partial charge in [0.15, 0.2) is 0 Å². The van der Waals surface area contributed by atoms with Gasteiger partial charge in [-0.1, -0.05) is 54.6 Å². The van der Waals surface area contributed by atoms with Crippen LogP contribution in [0, 0.1) is 6.92 Å². The molecule has 0 aliphatic carbocycles. The van der Waals surface area contributed by atoms with E-state index in [2.05, 4.69) is 0 Å². The molecule has 2 N–H and O–H groups in total. The van der Waals surface area contributed by atoms with Crippen LogP contribution in [0.4, 0.5) is 0 Å². The first-order valence-electron chi connectivity index (χ1n) is 7.27. The van der Waals surface area contributed by atoms with Crippen LogP contribution in [0.15, 0.2) is 54.6 Å². The van der Waals surface area contributed by atoms with Crippen molar-refractivity contribution in [2.45, 2.75) is 19.9 Å². The van der Waals surface area contributed by atoms with E-state index >= 15 is 0 Å². The molecule has 0 aliphatic heterocycles. The molecule has 110 valence electrons. The first-order valence-corrected chi connectivity index (χ1v) is 7.27. The number of hydrogen-bond acceptors (Lipinski definition) is 2. The second kappa shape index (κ2) is 7.60. The summed E-state index contributed by atoms with van der Waals surface area (Å²) in [5.41, 5.74) is 9.01. The topological polar surface area (TPSA) is 46.3 Å². The molecule has 0 fully saturated rings. The predicted octanol–water partition coefficient (Wildman–Crippen LogP) is 2.53. The molecule has 2 aromatic rings. The number of hydrogen-bond donors (Lipinski definition) is 1. The van der Waals surface area contributed by atoms with Gasteiger partial charge in [0.2, 0.25) is 5.91 Å². The Bertz CT molecular complexity index is 581. The van der Waals surface area contributed by atoms with Gasteiger partial charge in [-0.25, -0.2) is 0 Å². The van der Waals surface area contributed by atoms with Crippen LogP contribution in [-0.4, -0.2) is 23.9 Å². The minimum atomic E-state index is 0.124. The van der Waals surface area contributed by atoms with Crippen molar-refractivity contribution in [2.24, 2.45) is 5.73 Å². The third kappa shape index (κ3) is 4.43. The second-order valence-electron chi connectivity index (χ2n) is 5.19. The number of amides is 1. The van der Waals surface area contributed by atoms with Gasteiger partial charge in [-0.2, -0.15) is 0 Å². The number of nitrogens with zero attached hydrogens (tertiary/aromatic N) is 1. The molecule has 3 nitrogen and oxygen atoms in total. The monoisotopic (exact) mass is 282 g/mol. The van der Waals surface area contributed by atoms with Crippen molar-refractivity contribution in [3.63, 3.8) is 0 Å². The van der Waals surface area contributed by atoms with E-state index in [0.29, 0.717) is 26.1 Å². The van der Waals surface area contributed by atoms with Gasteiger partial charge in [0, 0.05) is 19.6 Å². The highest BCUT2D eigenvalue weighted by atomic mass is 16.2. The maximum absolute atomic E-state index is 12.5. The fourth-order valence-corrected chi connectivity index (χ4v) is 2.33. The van der Waals surface area contributed by atoms with Crippen molar-refractivity contribution in [3.05, 3.63) is 71.3 Å². The van der Waals surface area contributed by atoms with Crippen molar-refractivity contribution in [2.75, 3.05) is 13.1 Å². The van der Waals surface area contributed by atoms with Gasteiger partial charge < -0.3 is 10.6 Å². The fraction of sp³-hybridized carbons (Fsp3) is 0.278. The lowest BCUT2D eigenvalue weighted by Gasteiger charge is -2.22. The molecule has 2 rings (SSSR count). The van der Waals surface area contributed by atoms with Crippen LogP contribution >= 0.6 is 0 Å². The standard InChI is InChI=1S/C18H22N2O/c1-15-7-5-6-10-17(15)13-18(21)20(12-11-19)14-16-8-3-2-4-9-16/h2-10H,11-14,19H2,1H3. The van der Waals surface area contributed by atoms with Gasteiger partial charge in [-0.15, -0.1) is 0 Å². The van der Waals surface area contributed by atoms with Gasteiger partial charge in [-0.3, -0.25) is 4.79 Å². The van der Waals surface area contributed by atoms with Gasteiger partial charge in [-0.05, 0) is 23.6 Å². The summed E-state index contributed by atoms with van der Waals surface area (Å²) in [6.45, 7) is 3.71. The summed E-state index contributed by atoms with van der Waals surface area (Å²) in [6, 6.07) is 18.0. The lowest BCUT2D eigenvalue weighted by Crippen LogP contribution is -2.36. The number of nitrogens with two attached hydrogens (primary N) is 1. The Kier molecular flexibility index (Phi) is 5.52. The average Bonchev–Trinajstić information content (AvgIpc) is 2.50. The number of rotatable bonds is 6. The van der Waals surface area contributed by atoms with E-state index in [1.165, 1.54) is 0 Å². The lowest BCUT2D eigenvalue weighted by molar-refractivity contribution is -0.131. The maximum Gasteiger partial charge on any atom is 0.227 e. The molecule has 2 aromatic carbocycles. The largest absolute Gasteiger partial charge is 0.337 e. The molecular weight excluding hydrogens is 260 g/mol. The molecule has 21 heavy (non-hydrogen) atoms. The average molecular weight is 282 g/mol. The molecule has 3 heteroatoms. The summed E-state index contributed by atoms with van der Waals surface area (Å²) in [7, 11) is 0. The molecule has 0 radical (unpaired) electrons. The van der Waals surface area contributed by atoms with Crippen molar-refractivity contribution in [3.8, 4) is 0 Å². The van der Waals surface area contributed by atoms with E-state index in [-0.39, 0.29) is 5.91 Å². The smallest absolute Gasteiger partial charge is 0.227 e. The molecule has 0 saturated heterocycles. The molecule has 0 spiro atoms. The first kappa shape index (κ1) is 15.3. The highest BCUT2D eigenvalue weighted by Crippen LogP contribution is 2.11. The fourth-order valence-electron chi connectivity index (χ4n) is 2.33. The maximum atomic E-state index is 12.5. The summed E-state index contributed by atoms with van der Waals surface area (Å²) in [5.74, 6) is 0.124. The molecule has 0 aliphatic rings. The first-order chi connectivity index (χ1) is 10.2. The molecule has 0 saturated carbocycles. The van der Waals surface area contributed by atoms with E-state index in [1.54, 1.807) is 0 Å². The SMILES string of the molecule is Cc1ccccc1CC(=O)N(CCN)Cc1ccccc1. The molecule has 0 heterocycles. The number of carbonyl (C=O) groups excluding carboxylic acids is 1. The van der Waals surface area contributed by atoms with Crippen LogP contribution in [0.5, 0.6) is 0 Å². The lowest BCUT2D eigenvalue weighted by atomic mass is 10.1. The van der Waals surface area contributed by atoms with Crippen LogP contribution in [0.2, 0.25) is 0 Å².